The van der Waals surface area contributed by atoms with Crippen LogP contribution in [0.2, 0.25) is 0 Å². The minimum Gasteiger partial charge on any atom is -0.491 e. The molecule has 1 rings (SSSR count). The molecular weight excluding hydrogens is 512 g/mol. The van der Waals surface area contributed by atoms with Gasteiger partial charge in [-0.25, -0.2) is 4.99 Å². The molecule has 0 radical (unpaired) electrons. The summed E-state index contributed by atoms with van der Waals surface area (Å²) in [5.74, 6) is 0.172. The highest BCUT2D eigenvalue weighted by atomic mass is 127. The first-order valence-electron chi connectivity index (χ1n) is 9.51. The lowest BCUT2D eigenvalue weighted by Gasteiger charge is -2.21. The summed E-state index contributed by atoms with van der Waals surface area (Å²) in [6, 6.07) is 3.85. The minimum atomic E-state index is -4.53. The number of aliphatic imine (C=N–C) groups is 1. The van der Waals surface area contributed by atoms with E-state index in [-0.39, 0.29) is 71.9 Å². The Morgan fingerprint density at radius 2 is 1.80 bits per heavy atom. The molecule has 1 amide bonds. The summed E-state index contributed by atoms with van der Waals surface area (Å²) in [4.78, 5) is 16.1. The van der Waals surface area contributed by atoms with Gasteiger partial charge in [-0.05, 0) is 59.2 Å². The Kier molecular flexibility index (Phi) is 11.5. The fourth-order valence-electron chi connectivity index (χ4n) is 2.44. The van der Waals surface area contributed by atoms with Crippen LogP contribution in [0.5, 0.6) is 5.75 Å². The van der Waals surface area contributed by atoms with Crippen LogP contribution in [0.4, 0.5) is 13.2 Å². The third-order valence-corrected chi connectivity index (χ3v) is 3.44. The Hall–Kier alpha value is -1.72. The average molecular weight is 544 g/mol. The van der Waals surface area contributed by atoms with Crippen molar-refractivity contribution in [1.82, 2.24) is 16.0 Å². The number of hydrogen-bond acceptors (Lipinski definition) is 3. The molecule has 30 heavy (non-hydrogen) atoms. The molecule has 0 aliphatic rings. The Labute approximate surface area is 193 Å². The van der Waals surface area contributed by atoms with E-state index in [1.54, 1.807) is 13.8 Å². The fourth-order valence-corrected chi connectivity index (χ4v) is 2.44. The zero-order valence-electron chi connectivity index (χ0n) is 18.2. The van der Waals surface area contributed by atoms with Crippen LogP contribution in [0.3, 0.4) is 0 Å². The third kappa shape index (κ3) is 10.9. The van der Waals surface area contributed by atoms with Gasteiger partial charge in [0.05, 0.1) is 24.8 Å². The van der Waals surface area contributed by atoms with E-state index < -0.39 is 11.7 Å². The highest BCUT2D eigenvalue weighted by molar-refractivity contribution is 14.0. The molecule has 0 spiro atoms. The van der Waals surface area contributed by atoms with Crippen molar-refractivity contribution in [2.75, 3.05) is 13.1 Å². The van der Waals surface area contributed by atoms with Crippen LogP contribution in [0.25, 0.3) is 0 Å². The first-order valence-corrected chi connectivity index (χ1v) is 9.51. The normalized spacial score (nSPS) is 12.3. The van der Waals surface area contributed by atoms with Crippen LogP contribution in [-0.4, -0.2) is 36.6 Å². The van der Waals surface area contributed by atoms with Gasteiger partial charge in [0.2, 0.25) is 5.91 Å². The van der Waals surface area contributed by atoms with E-state index in [4.69, 9.17) is 4.74 Å². The number of nitrogens with one attached hydrogen (secondary N) is 3. The second kappa shape index (κ2) is 12.2. The average Bonchev–Trinajstić information content (AvgIpc) is 2.55. The molecule has 1 aromatic rings. The standard InChI is InChI=1S/C20H31F3N4O2.HI/c1-7-24-18(26-12-17(28)27-19(4,5)6)25-11-14-8-9-15(29-13(2)3)10-16(14)20(21,22)23;/h8-10,13H,7,11-12H2,1-6H3,(H,27,28)(H2,24,25,26);1H. The maximum Gasteiger partial charge on any atom is 0.416 e. The summed E-state index contributed by atoms with van der Waals surface area (Å²) in [7, 11) is 0. The van der Waals surface area contributed by atoms with Crippen LogP contribution in [0.1, 0.15) is 52.7 Å². The van der Waals surface area contributed by atoms with Crippen LogP contribution in [-0.2, 0) is 17.5 Å². The molecule has 0 aliphatic carbocycles. The number of guanidine groups is 1. The number of carbonyl (C=O) groups excluding carboxylic acids is 1. The van der Waals surface area contributed by atoms with Crippen molar-refractivity contribution in [3.63, 3.8) is 0 Å². The number of amides is 1. The van der Waals surface area contributed by atoms with Crippen molar-refractivity contribution < 1.29 is 22.7 Å². The topological polar surface area (TPSA) is 74.8 Å². The Balaban J connectivity index is 0.00000841. The van der Waals surface area contributed by atoms with Crippen LogP contribution >= 0.6 is 24.0 Å². The smallest absolute Gasteiger partial charge is 0.416 e. The molecule has 3 N–H and O–H groups in total. The van der Waals surface area contributed by atoms with Crippen molar-refractivity contribution in [3.05, 3.63) is 29.3 Å². The molecular formula is C20H32F3IN4O2. The summed E-state index contributed by atoms with van der Waals surface area (Å²) in [6.45, 7) is 11.1. The van der Waals surface area contributed by atoms with E-state index in [9.17, 15) is 18.0 Å². The van der Waals surface area contributed by atoms with Gasteiger partial charge in [0.15, 0.2) is 5.96 Å². The summed E-state index contributed by atoms with van der Waals surface area (Å²) in [5.41, 5.74) is -1.15. The van der Waals surface area contributed by atoms with Gasteiger partial charge in [0, 0.05) is 12.1 Å². The zero-order chi connectivity index (χ0) is 22.2. The number of benzene rings is 1. The van der Waals surface area contributed by atoms with Crippen molar-refractivity contribution in [2.45, 2.75) is 65.9 Å². The van der Waals surface area contributed by atoms with Gasteiger partial charge >= 0.3 is 6.18 Å². The molecule has 0 aromatic heterocycles. The van der Waals surface area contributed by atoms with Crippen LogP contribution in [0.15, 0.2) is 23.2 Å². The number of carbonyl (C=O) groups is 1. The van der Waals surface area contributed by atoms with E-state index in [0.29, 0.717) is 6.54 Å². The molecule has 6 nitrogen and oxygen atoms in total. The molecule has 10 heteroatoms. The Morgan fingerprint density at radius 3 is 2.30 bits per heavy atom. The van der Waals surface area contributed by atoms with Gasteiger partial charge in [-0.3, -0.25) is 4.79 Å². The third-order valence-electron chi connectivity index (χ3n) is 3.44. The largest absolute Gasteiger partial charge is 0.491 e. The number of hydrogen-bond donors (Lipinski definition) is 3. The second-order valence-corrected chi connectivity index (χ2v) is 7.83. The van der Waals surface area contributed by atoms with E-state index in [1.165, 1.54) is 12.1 Å². The van der Waals surface area contributed by atoms with Crippen molar-refractivity contribution in [3.8, 4) is 5.75 Å². The summed E-state index contributed by atoms with van der Waals surface area (Å²) >= 11 is 0. The SMILES string of the molecule is CCNC(=NCc1ccc(OC(C)C)cc1C(F)(F)F)NCC(=O)NC(C)(C)C.I. The summed E-state index contributed by atoms with van der Waals surface area (Å²) in [6.07, 6.45) is -4.76. The first kappa shape index (κ1) is 28.3. The predicted molar refractivity (Wildman–Crippen MR) is 123 cm³/mol. The van der Waals surface area contributed by atoms with Gasteiger partial charge in [0.1, 0.15) is 5.75 Å². The number of rotatable bonds is 7. The van der Waals surface area contributed by atoms with Gasteiger partial charge in [-0.1, -0.05) is 6.07 Å². The van der Waals surface area contributed by atoms with Gasteiger partial charge in [0.25, 0.3) is 0 Å². The molecule has 0 unspecified atom stereocenters. The van der Waals surface area contributed by atoms with Crippen molar-refractivity contribution in [1.29, 1.82) is 0 Å². The van der Waals surface area contributed by atoms with E-state index in [2.05, 4.69) is 20.9 Å². The number of ether oxygens (including phenoxy) is 1. The van der Waals surface area contributed by atoms with Crippen molar-refractivity contribution >= 4 is 35.8 Å². The summed E-state index contributed by atoms with van der Waals surface area (Å²) < 4.78 is 45.8. The molecule has 0 fully saturated rings. The molecule has 172 valence electrons. The molecule has 1 aromatic carbocycles. The number of alkyl halides is 3. The molecule has 0 atom stereocenters. The van der Waals surface area contributed by atoms with Crippen molar-refractivity contribution in [2.24, 2.45) is 4.99 Å². The molecule has 0 bridgehead atoms. The Morgan fingerprint density at radius 1 is 1.17 bits per heavy atom. The number of nitrogens with zero attached hydrogens (tertiary/aromatic N) is 1. The molecule has 0 saturated heterocycles. The predicted octanol–water partition coefficient (Wildman–Crippen LogP) is 4.08. The first-order chi connectivity index (χ1) is 13.3. The Bertz CT molecular complexity index is 717. The lowest BCUT2D eigenvalue weighted by molar-refractivity contribution is -0.138. The summed E-state index contributed by atoms with van der Waals surface area (Å²) in [5, 5.41) is 8.54. The minimum absolute atomic E-state index is 0. The van der Waals surface area contributed by atoms with E-state index in [1.807, 2.05) is 27.7 Å². The molecule has 0 heterocycles. The quantitative estimate of drug-likeness (QED) is 0.275. The lowest BCUT2D eigenvalue weighted by Crippen LogP contribution is -2.48. The van der Waals surface area contributed by atoms with Gasteiger partial charge in [-0.15, -0.1) is 24.0 Å². The second-order valence-electron chi connectivity index (χ2n) is 7.83. The fraction of sp³-hybridized carbons (Fsp3) is 0.600. The number of halogens is 4. The van der Waals surface area contributed by atoms with E-state index in [0.717, 1.165) is 6.07 Å². The maximum absolute atomic E-state index is 13.5. The van der Waals surface area contributed by atoms with E-state index >= 15 is 0 Å². The monoisotopic (exact) mass is 544 g/mol. The molecule has 0 aliphatic heterocycles. The lowest BCUT2D eigenvalue weighted by atomic mass is 10.1. The van der Waals surface area contributed by atoms with Gasteiger partial charge in [-0.2, -0.15) is 13.2 Å². The van der Waals surface area contributed by atoms with Gasteiger partial charge < -0.3 is 20.7 Å². The maximum atomic E-state index is 13.5. The van der Waals surface area contributed by atoms with Crippen LogP contribution < -0.4 is 20.7 Å². The van der Waals surface area contributed by atoms with Crippen LogP contribution in [0, 0.1) is 0 Å². The highest BCUT2D eigenvalue weighted by Gasteiger charge is 2.33. The highest BCUT2D eigenvalue weighted by Crippen LogP contribution is 2.35. The zero-order valence-corrected chi connectivity index (χ0v) is 20.6. The molecule has 0 saturated carbocycles.